The Kier molecular flexibility index (Phi) is 4.51. The molecule has 0 saturated heterocycles. The molecular formula is C12H10BrF3O. The molecule has 0 aliphatic carbocycles. The third kappa shape index (κ3) is 4.00. The van der Waals surface area contributed by atoms with Crippen LogP contribution in [0.1, 0.15) is 23.7 Å². The highest BCUT2D eigenvalue weighted by atomic mass is 79.9. The molecule has 0 spiro atoms. The molecule has 0 fully saturated rings. The van der Waals surface area contributed by atoms with Crippen molar-refractivity contribution >= 4 is 21.7 Å². The Hall–Kier alpha value is -1.10. The summed E-state index contributed by atoms with van der Waals surface area (Å²) in [5.74, 6) is -0.633. The van der Waals surface area contributed by atoms with E-state index in [-0.39, 0.29) is 12.0 Å². The van der Waals surface area contributed by atoms with Crippen molar-refractivity contribution in [1.82, 2.24) is 0 Å². The third-order valence-corrected chi connectivity index (χ3v) is 2.71. The van der Waals surface area contributed by atoms with E-state index in [1.54, 1.807) is 12.1 Å². The van der Waals surface area contributed by atoms with Crippen molar-refractivity contribution < 1.29 is 18.0 Å². The number of allylic oxidation sites excluding steroid dienone is 2. The molecule has 92 valence electrons. The molecule has 0 aromatic heterocycles. The lowest BCUT2D eigenvalue weighted by Crippen LogP contribution is -2.13. The van der Waals surface area contributed by atoms with E-state index in [0.29, 0.717) is 6.08 Å². The molecule has 1 rings (SSSR count). The van der Waals surface area contributed by atoms with E-state index in [9.17, 15) is 18.0 Å². The monoisotopic (exact) mass is 306 g/mol. The molecule has 1 nitrogen and oxygen atoms in total. The molecule has 0 atom stereocenters. The maximum Gasteiger partial charge on any atom is 0.412 e. The van der Waals surface area contributed by atoms with Gasteiger partial charge in [-0.3, -0.25) is 4.79 Å². The SMILES string of the molecule is CC/C(=C\C(=O)c1ccc(Br)cc1)C(F)(F)F. The first-order chi connectivity index (χ1) is 7.84. The van der Waals surface area contributed by atoms with Crippen LogP contribution in [0.3, 0.4) is 0 Å². The van der Waals surface area contributed by atoms with Crippen LogP contribution < -0.4 is 0 Å². The number of rotatable bonds is 3. The Morgan fingerprint density at radius 1 is 1.29 bits per heavy atom. The molecule has 5 heteroatoms. The molecule has 17 heavy (non-hydrogen) atoms. The number of benzene rings is 1. The van der Waals surface area contributed by atoms with Gasteiger partial charge in [0.1, 0.15) is 0 Å². The van der Waals surface area contributed by atoms with Gasteiger partial charge in [0.25, 0.3) is 0 Å². The lowest BCUT2D eigenvalue weighted by atomic mass is 10.1. The quantitative estimate of drug-likeness (QED) is 0.592. The number of halogens is 4. The van der Waals surface area contributed by atoms with Gasteiger partial charge in [0.15, 0.2) is 5.78 Å². The number of hydrogen-bond acceptors (Lipinski definition) is 1. The molecule has 1 aromatic carbocycles. The fraction of sp³-hybridized carbons (Fsp3) is 0.250. The molecule has 0 bridgehead atoms. The summed E-state index contributed by atoms with van der Waals surface area (Å²) >= 11 is 3.18. The minimum absolute atomic E-state index is 0.216. The summed E-state index contributed by atoms with van der Waals surface area (Å²) in [6.45, 7) is 1.37. The number of carbonyl (C=O) groups excluding carboxylic acids is 1. The van der Waals surface area contributed by atoms with E-state index in [1.165, 1.54) is 19.1 Å². The number of ketones is 1. The minimum Gasteiger partial charge on any atom is -0.289 e. The van der Waals surface area contributed by atoms with Gasteiger partial charge in [-0.05, 0) is 36.8 Å². The van der Waals surface area contributed by atoms with Gasteiger partial charge >= 0.3 is 6.18 Å². The van der Waals surface area contributed by atoms with Crippen LogP contribution in [0, 0.1) is 0 Å². The van der Waals surface area contributed by atoms with Gasteiger partial charge in [0.2, 0.25) is 0 Å². The Labute approximate surface area is 105 Å². The Morgan fingerprint density at radius 2 is 1.82 bits per heavy atom. The largest absolute Gasteiger partial charge is 0.412 e. The zero-order valence-corrected chi connectivity index (χ0v) is 10.6. The average molecular weight is 307 g/mol. The number of alkyl halides is 3. The van der Waals surface area contributed by atoms with Crippen molar-refractivity contribution in [1.29, 1.82) is 0 Å². The topological polar surface area (TPSA) is 17.1 Å². The fourth-order valence-corrected chi connectivity index (χ4v) is 1.50. The lowest BCUT2D eigenvalue weighted by Gasteiger charge is -2.08. The first-order valence-electron chi connectivity index (χ1n) is 4.92. The number of hydrogen-bond donors (Lipinski definition) is 0. The molecule has 0 aliphatic heterocycles. The zero-order valence-electron chi connectivity index (χ0n) is 9.01. The van der Waals surface area contributed by atoms with E-state index in [0.717, 1.165) is 4.47 Å². The molecule has 0 saturated carbocycles. The summed E-state index contributed by atoms with van der Waals surface area (Å²) in [7, 11) is 0. The van der Waals surface area contributed by atoms with E-state index in [2.05, 4.69) is 15.9 Å². The number of carbonyl (C=O) groups is 1. The summed E-state index contributed by atoms with van der Waals surface area (Å²) in [6, 6.07) is 6.18. The standard InChI is InChI=1S/C12H10BrF3O/c1-2-9(12(14,15)16)7-11(17)8-3-5-10(13)6-4-8/h3-7H,2H2,1H3/b9-7+. The van der Waals surface area contributed by atoms with Gasteiger partial charge in [-0.2, -0.15) is 13.2 Å². The van der Waals surface area contributed by atoms with E-state index in [4.69, 9.17) is 0 Å². The fourth-order valence-electron chi connectivity index (χ4n) is 1.24. The normalized spacial score (nSPS) is 12.6. The summed E-state index contributed by atoms with van der Waals surface area (Å²) in [5, 5.41) is 0. The van der Waals surface area contributed by atoms with E-state index in [1.807, 2.05) is 0 Å². The summed E-state index contributed by atoms with van der Waals surface area (Å²) in [6.07, 6.45) is -4.01. The highest BCUT2D eigenvalue weighted by Crippen LogP contribution is 2.28. The molecule has 1 aromatic rings. The highest BCUT2D eigenvalue weighted by Gasteiger charge is 2.32. The maximum absolute atomic E-state index is 12.4. The third-order valence-electron chi connectivity index (χ3n) is 2.18. The highest BCUT2D eigenvalue weighted by molar-refractivity contribution is 9.10. The van der Waals surface area contributed by atoms with Crippen LogP contribution in [-0.2, 0) is 0 Å². The summed E-state index contributed by atoms with van der Waals surface area (Å²) in [5.41, 5.74) is -0.575. The van der Waals surface area contributed by atoms with Gasteiger partial charge in [-0.25, -0.2) is 0 Å². The van der Waals surface area contributed by atoms with Crippen LogP contribution in [0.4, 0.5) is 13.2 Å². The molecule has 0 aliphatic rings. The second-order valence-electron chi connectivity index (χ2n) is 3.39. The van der Waals surface area contributed by atoms with E-state index < -0.39 is 17.5 Å². The van der Waals surface area contributed by atoms with Crippen molar-refractivity contribution in [2.75, 3.05) is 0 Å². The van der Waals surface area contributed by atoms with Crippen molar-refractivity contribution in [3.63, 3.8) is 0 Å². The van der Waals surface area contributed by atoms with Crippen LogP contribution >= 0.6 is 15.9 Å². The molecule has 0 unspecified atom stereocenters. The minimum atomic E-state index is -4.44. The zero-order chi connectivity index (χ0) is 13.1. The van der Waals surface area contributed by atoms with Crippen LogP contribution in [0.15, 0.2) is 40.4 Å². The second-order valence-corrected chi connectivity index (χ2v) is 4.31. The lowest BCUT2D eigenvalue weighted by molar-refractivity contribution is -0.0936. The average Bonchev–Trinajstić information content (AvgIpc) is 2.24. The van der Waals surface area contributed by atoms with Crippen LogP contribution in [0.25, 0.3) is 0 Å². The van der Waals surface area contributed by atoms with Crippen molar-refractivity contribution in [2.24, 2.45) is 0 Å². The van der Waals surface area contributed by atoms with Gasteiger partial charge in [-0.1, -0.05) is 22.9 Å². The van der Waals surface area contributed by atoms with Gasteiger partial charge in [0, 0.05) is 15.6 Å². The Morgan fingerprint density at radius 3 is 2.24 bits per heavy atom. The summed E-state index contributed by atoms with van der Waals surface area (Å²) < 4.78 is 38.1. The Balaban J connectivity index is 2.98. The predicted octanol–water partition coefficient (Wildman–Crippen LogP) is 4.53. The van der Waals surface area contributed by atoms with Crippen molar-refractivity contribution in [3.05, 3.63) is 46.0 Å². The van der Waals surface area contributed by atoms with Crippen molar-refractivity contribution in [3.8, 4) is 0 Å². The van der Waals surface area contributed by atoms with Gasteiger partial charge < -0.3 is 0 Å². The molecule has 0 radical (unpaired) electrons. The second kappa shape index (κ2) is 5.49. The first kappa shape index (κ1) is 14.0. The van der Waals surface area contributed by atoms with Crippen molar-refractivity contribution in [2.45, 2.75) is 19.5 Å². The maximum atomic E-state index is 12.4. The first-order valence-corrected chi connectivity index (χ1v) is 5.71. The van der Waals surface area contributed by atoms with Crippen LogP contribution in [0.2, 0.25) is 0 Å². The van der Waals surface area contributed by atoms with Gasteiger partial charge in [0.05, 0.1) is 0 Å². The predicted molar refractivity (Wildman–Crippen MR) is 62.9 cm³/mol. The Bertz CT molecular complexity index is 432. The van der Waals surface area contributed by atoms with E-state index >= 15 is 0 Å². The van der Waals surface area contributed by atoms with Gasteiger partial charge in [-0.15, -0.1) is 0 Å². The molecule has 0 heterocycles. The smallest absolute Gasteiger partial charge is 0.289 e. The molecule has 0 amide bonds. The van der Waals surface area contributed by atoms with Crippen LogP contribution in [-0.4, -0.2) is 12.0 Å². The van der Waals surface area contributed by atoms with Crippen LogP contribution in [0.5, 0.6) is 0 Å². The molecular weight excluding hydrogens is 297 g/mol. The molecule has 0 N–H and O–H groups in total. The summed E-state index contributed by atoms with van der Waals surface area (Å²) in [4.78, 5) is 11.6.